The molecule has 0 bridgehead atoms. The molecular weight excluding hydrogens is 383 g/mol. The van der Waals surface area contributed by atoms with Gasteiger partial charge in [0.1, 0.15) is 5.69 Å². The molecule has 0 radical (unpaired) electrons. The molecule has 0 unspecified atom stereocenters. The van der Waals surface area contributed by atoms with E-state index in [4.69, 9.17) is 4.42 Å². The van der Waals surface area contributed by atoms with Crippen molar-refractivity contribution in [2.45, 2.75) is 19.6 Å². The van der Waals surface area contributed by atoms with Gasteiger partial charge in [0.2, 0.25) is 5.88 Å². The number of pyridine rings is 1. The molecule has 0 saturated heterocycles. The Bertz CT molecular complexity index is 923. The first-order chi connectivity index (χ1) is 12.8. The summed E-state index contributed by atoms with van der Waals surface area (Å²) in [4.78, 5) is 21.1. The first-order valence-electron chi connectivity index (χ1n) is 7.76. The van der Waals surface area contributed by atoms with E-state index in [9.17, 15) is 18.0 Å². The molecule has 3 rings (SSSR count). The number of alkyl halides is 3. The molecule has 6 nitrogen and oxygen atoms in total. The van der Waals surface area contributed by atoms with Gasteiger partial charge in [0.25, 0.3) is 5.91 Å². The number of amides is 1. The second kappa shape index (κ2) is 7.78. The minimum atomic E-state index is -4.44. The number of thiazole rings is 1. The summed E-state index contributed by atoms with van der Waals surface area (Å²) < 4.78 is 46.5. The zero-order valence-electron chi connectivity index (χ0n) is 14.0. The van der Waals surface area contributed by atoms with Crippen molar-refractivity contribution in [2.75, 3.05) is 6.61 Å². The van der Waals surface area contributed by atoms with E-state index in [0.717, 1.165) is 4.88 Å². The third kappa shape index (κ3) is 5.07. The minimum absolute atomic E-state index is 0.0940. The van der Waals surface area contributed by atoms with Crippen molar-refractivity contribution in [3.05, 3.63) is 52.9 Å². The van der Waals surface area contributed by atoms with Crippen molar-refractivity contribution in [1.82, 2.24) is 15.3 Å². The molecule has 3 heterocycles. The average Bonchev–Trinajstić information content (AvgIpc) is 3.27. The molecule has 3 aromatic rings. The average molecular weight is 397 g/mol. The third-order valence-electron chi connectivity index (χ3n) is 3.38. The predicted molar refractivity (Wildman–Crippen MR) is 91.5 cm³/mol. The Morgan fingerprint density at radius 3 is 2.89 bits per heavy atom. The van der Waals surface area contributed by atoms with Crippen molar-refractivity contribution in [2.24, 2.45) is 0 Å². The fourth-order valence-corrected chi connectivity index (χ4v) is 3.05. The van der Waals surface area contributed by atoms with E-state index in [1.165, 1.54) is 29.9 Å². The number of halogens is 3. The van der Waals surface area contributed by atoms with Gasteiger partial charge in [0, 0.05) is 23.7 Å². The molecule has 142 valence electrons. The van der Waals surface area contributed by atoms with Crippen LogP contribution in [0.3, 0.4) is 0 Å². The number of aryl methyl sites for hydroxylation is 1. The van der Waals surface area contributed by atoms with Crippen LogP contribution in [0.5, 0.6) is 5.88 Å². The number of nitrogens with one attached hydrogen (secondary N) is 1. The van der Waals surface area contributed by atoms with Crippen LogP contribution in [-0.4, -0.2) is 28.7 Å². The minimum Gasteiger partial charge on any atom is -0.468 e. The zero-order valence-corrected chi connectivity index (χ0v) is 14.9. The van der Waals surface area contributed by atoms with E-state index in [0.29, 0.717) is 16.3 Å². The Labute approximate surface area is 156 Å². The molecule has 0 aromatic carbocycles. The van der Waals surface area contributed by atoms with Gasteiger partial charge in [-0.25, -0.2) is 9.97 Å². The van der Waals surface area contributed by atoms with Gasteiger partial charge in [0.15, 0.2) is 17.4 Å². The highest BCUT2D eigenvalue weighted by atomic mass is 32.1. The third-order valence-corrected chi connectivity index (χ3v) is 4.37. The molecule has 27 heavy (non-hydrogen) atoms. The summed E-state index contributed by atoms with van der Waals surface area (Å²) in [6, 6.07) is 6.39. The van der Waals surface area contributed by atoms with Gasteiger partial charge in [-0.2, -0.15) is 13.2 Å². The zero-order chi connectivity index (χ0) is 19.4. The highest BCUT2D eigenvalue weighted by Crippen LogP contribution is 2.28. The maximum absolute atomic E-state index is 12.4. The molecule has 0 saturated carbocycles. The second-order valence-electron chi connectivity index (χ2n) is 5.49. The fourth-order valence-electron chi connectivity index (χ4n) is 2.17. The summed E-state index contributed by atoms with van der Waals surface area (Å²) in [6.07, 6.45) is -1.61. The summed E-state index contributed by atoms with van der Waals surface area (Å²) in [5, 5.41) is 3.28. The molecule has 0 atom stereocenters. The van der Waals surface area contributed by atoms with Crippen molar-refractivity contribution >= 4 is 17.2 Å². The van der Waals surface area contributed by atoms with Gasteiger partial charge < -0.3 is 14.5 Å². The summed E-state index contributed by atoms with van der Waals surface area (Å²) >= 11 is 1.33. The van der Waals surface area contributed by atoms with Gasteiger partial charge in [-0.05, 0) is 30.7 Å². The number of furan rings is 1. The number of hydrogen-bond donors (Lipinski definition) is 1. The second-order valence-corrected chi connectivity index (χ2v) is 6.69. The van der Waals surface area contributed by atoms with Crippen LogP contribution in [0.1, 0.15) is 20.9 Å². The molecule has 1 amide bonds. The van der Waals surface area contributed by atoms with Crippen LogP contribution in [0.15, 0.2) is 41.1 Å². The SMILES string of the molecule is Cc1sc(-c2ccco2)nc1C(=O)NCc1ccnc(OCC(F)(F)F)c1. The number of carbonyl (C=O) groups is 1. The maximum Gasteiger partial charge on any atom is 0.422 e. The topological polar surface area (TPSA) is 77.3 Å². The van der Waals surface area contributed by atoms with E-state index in [-0.39, 0.29) is 18.1 Å². The lowest BCUT2D eigenvalue weighted by atomic mass is 10.2. The Morgan fingerprint density at radius 1 is 1.37 bits per heavy atom. The highest BCUT2D eigenvalue weighted by Gasteiger charge is 2.28. The van der Waals surface area contributed by atoms with Crippen molar-refractivity contribution in [3.8, 4) is 16.6 Å². The van der Waals surface area contributed by atoms with Gasteiger partial charge in [-0.3, -0.25) is 4.79 Å². The Kier molecular flexibility index (Phi) is 5.45. The molecular formula is C17H14F3N3O3S. The number of rotatable bonds is 6. The predicted octanol–water partition coefficient (Wildman–Crippen LogP) is 3.98. The van der Waals surface area contributed by atoms with E-state index in [1.54, 1.807) is 25.1 Å². The van der Waals surface area contributed by atoms with Crippen LogP contribution in [-0.2, 0) is 6.54 Å². The lowest BCUT2D eigenvalue weighted by molar-refractivity contribution is -0.154. The maximum atomic E-state index is 12.4. The van der Waals surface area contributed by atoms with Crippen LogP contribution in [0.2, 0.25) is 0 Å². The van der Waals surface area contributed by atoms with Crippen molar-refractivity contribution < 1.29 is 27.1 Å². The van der Waals surface area contributed by atoms with E-state index in [1.807, 2.05) is 0 Å². The normalized spacial score (nSPS) is 11.4. The molecule has 0 aliphatic heterocycles. The molecule has 0 fully saturated rings. The Balaban J connectivity index is 1.63. The number of nitrogens with zero attached hydrogens (tertiary/aromatic N) is 2. The summed E-state index contributed by atoms with van der Waals surface area (Å²) in [6.45, 7) is 0.439. The standard InChI is InChI=1S/C17H14F3N3O3S/c1-10-14(23-16(27-10)12-3-2-6-25-12)15(24)22-8-11-4-5-21-13(7-11)26-9-17(18,19)20/h2-7H,8-9H2,1H3,(H,22,24). The molecule has 0 aliphatic rings. The van der Waals surface area contributed by atoms with Gasteiger partial charge in [-0.1, -0.05) is 0 Å². The van der Waals surface area contributed by atoms with Crippen molar-refractivity contribution in [1.29, 1.82) is 0 Å². The number of aromatic nitrogens is 2. The largest absolute Gasteiger partial charge is 0.468 e. The van der Waals surface area contributed by atoms with Crippen LogP contribution >= 0.6 is 11.3 Å². The van der Waals surface area contributed by atoms with E-state index >= 15 is 0 Å². The van der Waals surface area contributed by atoms with E-state index in [2.05, 4.69) is 20.0 Å². The first kappa shape index (κ1) is 18.9. The van der Waals surface area contributed by atoms with Crippen LogP contribution in [0.4, 0.5) is 13.2 Å². The molecule has 1 N–H and O–H groups in total. The van der Waals surface area contributed by atoms with Gasteiger partial charge >= 0.3 is 6.18 Å². The number of carbonyl (C=O) groups excluding carboxylic acids is 1. The fraction of sp³-hybridized carbons (Fsp3) is 0.235. The monoisotopic (exact) mass is 397 g/mol. The molecule has 10 heteroatoms. The Morgan fingerprint density at radius 2 is 2.19 bits per heavy atom. The van der Waals surface area contributed by atoms with Gasteiger partial charge in [-0.15, -0.1) is 11.3 Å². The Hall–Kier alpha value is -2.88. The summed E-state index contributed by atoms with van der Waals surface area (Å²) in [5.41, 5.74) is 0.823. The molecule has 0 spiro atoms. The van der Waals surface area contributed by atoms with Crippen LogP contribution in [0, 0.1) is 6.92 Å². The van der Waals surface area contributed by atoms with E-state index < -0.39 is 18.7 Å². The first-order valence-corrected chi connectivity index (χ1v) is 8.57. The van der Waals surface area contributed by atoms with Gasteiger partial charge in [0.05, 0.1) is 6.26 Å². The number of ether oxygens (including phenoxy) is 1. The van der Waals surface area contributed by atoms with Crippen molar-refractivity contribution in [3.63, 3.8) is 0 Å². The highest BCUT2D eigenvalue weighted by molar-refractivity contribution is 7.15. The smallest absolute Gasteiger partial charge is 0.422 e. The lowest BCUT2D eigenvalue weighted by Gasteiger charge is -2.09. The summed E-state index contributed by atoms with van der Waals surface area (Å²) in [7, 11) is 0. The summed E-state index contributed by atoms with van der Waals surface area (Å²) in [5.74, 6) is 0.0166. The quantitative estimate of drug-likeness (QED) is 0.681. The molecule has 3 aromatic heterocycles. The number of hydrogen-bond acceptors (Lipinski definition) is 6. The molecule has 0 aliphatic carbocycles. The van der Waals surface area contributed by atoms with Crippen LogP contribution < -0.4 is 10.1 Å². The van der Waals surface area contributed by atoms with Crippen LogP contribution in [0.25, 0.3) is 10.8 Å². The lowest BCUT2D eigenvalue weighted by Crippen LogP contribution is -2.24.